The van der Waals surface area contributed by atoms with E-state index in [0.29, 0.717) is 0 Å². The van der Waals surface area contributed by atoms with Gasteiger partial charge in [-0.15, -0.1) is 11.3 Å². The molecule has 0 radical (unpaired) electrons. The van der Waals surface area contributed by atoms with Crippen molar-refractivity contribution in [3.8, 4) is 0 Å². The van der Waals surface area contributed by atoms with Crippen LogP contribution in [0.2, 0.25) is 0 Å². The lowest BCUT2D eigenvalue weighted by Gasteiger charge is -2.02. The molecule has 2 rings (SSSR count). The van der Waals surface area contributed by atoms with Crippen LogP contribution in [0.5, 0.6) is 0 Å². The van der Waals surface area contributed by atoms with Gasteiger partial charge in [0, 0.05) is 4.88 Å². The molecule has 0 nitrogen and oxygen atoms in total. The summed E-state index contributed by atoms with van der Waals surface area (Å²) < 4.78 is 12.7. The standard InChI is InChI=1S/C12H9FS/c1-9(12-3-2-8-14-12)10-4-6-11(13)7-5-10/h2-8H,1H2. The van der Waals surface area contributed by atoms with Gasteiger partial charge in [-0.3, -0.25) is 0 Å². The van der Waals surface area contributed by atoms with Crippen LogP contribution in [0.15, 0.2) is 48.4 Å². The highest BCUT2D eigenvalue weighted by Crippen LogP contribution is 2.25. The molecule has 0 aliphatic carbocycles. The van der Waals surface area contributed by atoms with Gasteiger partial charge < -0.3 is 0 Å². The number of benzene rings is 1. The van der Waals surface area contributed by atoms with E-state index < -0.39 is 0 Å². The van der Waals surface area contributed by atoms with Crippen LogP contribution in [-0.4, -0.2) is 0 Å². The number of halogens is 1. The first-order chi connectivity index (χ1) is 6.77. The minimum atomic E-state index is -0.215. The lowest BCUT2D eigenvalue weighted by molar-refractivity contribution is 0.627. The smallest absolute Gasteiger partial charge is 0.123 e. The van der Waals surface area contributed by atoms with Crippen molar-refractivity contribution in [1.29, 1.82) is 0 Å². The predicted molar refractivity (Wildman–Crippen MR) is 58.9 cm³/mol. The molecule has 1 heterocycles. The second-order valence-corrected chi connectivity index (χ2v) is 3.91. The summed E-state index contributed by atoms with van der Waals surface area (Å²) in [6.07, 6.45) is 0. The lowest BCUT2D eigenvalue weighted by atomic mass is 10.1. The fourth-order valence-electron chi connectivity index (χ4n) is 1.24. The van der Waals surface area contributed by atoms with E-state index in [4.69, 9.17) is 0 Å². The van der Waals surface area contributed by atoms with Crippen molar-refractivity contribution in [1.82, 2.24) is 0 Å². The van der Waals surface area contributed by atoms with E-state index in [-0.39, 0.29) is 5.82 Å². The minimum absolute atomic E-state index is 0.215. The van der Waals surface area contributed by atoms with E-state index in [1.165, 1.54) is 12.1 Å². The van der Waals surface area contributed by atoms with Gasteiger partial charge in [-0.1, -0.05) is 24.8 Å². The molecule has 0 aliphatic heterocycles. The second-order valence-electron chi connectivity index (χ2n) is 2.96. The maximum Gasteiger partial charge on any atom is 0.123 e. The summed E-state index contributed by atoms with van der Waals surface area (Å²) in [7, 11) is 0. The third-order valence-corrected chi connectivity index (χ3v) is 2.94. The first kappa shape index (κ1) is 9.16. The summed E-state index contributed by atoms with van der Waals surface area (Å²) in [5.74, 6) is -0.215. The molecule has 0 unspecified atom stereocenters. The van der Waals surface area contributed by atoms with Gasteiger partial charge in [0.2, 0.25) is 0 Å². The average Bonchev–Trinajstić information content (AvgIpc) is 2.71. The van der Waals surface area contributed by atoms with E-state index in [1.807, 2.05) is 17.5 Å². The van der Waals surface area contributed by atoms with Crippen LogP contribution in [0.3, 0.4) is 0 Å². The third kappa shape index (κ3) is 1.75. The van der Waals surface area contributed by atoms with Gasteiger partial charge in [0.15, 0.2) is 0 Å². The molecule has 14 heavy (non-hydrogen) atoms. The summed E-state index contributed by atoms with van der Waals surface area (Å²) in [5, 5.41) is 2.00. The van der Waals surface area contributed by atoms with Crippen molar-refractivity contribution in [2.75, 3.05) is 0 Å². The Morgan fingerprint density at radius 2 is 1.86 bits per heavy atom. The Morgan fingerprint density at radius 1 is 1.14 bits per heavy atom. The van der Waals surface area contributed by atoms with Crippen LogP contribution in [0.4, 0.5) is 4.39 Å². The third-order valence-electron chi connectivity index (χ3n) is 2.01. The van der Waals surface area contributed by atoms with E-state index in [1.54, 1.807) is 23.5 Å². The molecule has 0 saturated carbocycles. The molecule has 0 bridgehead atoms. The Labute approximate surface area is 86.3 Å². The van der Waals surface area contributed by atoms with Crippen molar-refractivity contribution < 1.29 is 4.39 Å². The zero-order valence-corrected chi connectivity index (χ0v) is 8.35. The van der Waals surface area contributed by atoms with Gasteiger partial charge in [0.25, 0.3) is 0 Å². The van der Waals surface area contributed by atoms with Gasteiger partial charge in [-0.25, -0.2) is 4.39 Å². The van der Waals surface area contributed by atoms with Crippen LogP contribution >= 0.6 is 11.3 Å². The van der Waals surface area contributed by atoms with Crippen molar-refractivity contribution in [2.24, 2.45) is 0 Å². The zero-order chi connectivity index (χ0) is 9.97. The first-order valence-electron chi connectivity index (χ1n) is 4.26. The van der Waals surface area contributed by atoms with E-state index in [9.17, 15) is 4.39 Å². The van der Waals surface area contributed by atoms with Crippen LogP contribution in [0, 0.1) is 5.82 Å². The predicted octanol–water partition coefficient (Wildman–Crippen LogP) is 3.95. The van der Waals surface area contributed by atoms with Crippen LogP contribution < -0.4 is 0 Å². The summed E-state index contributed by atoms with van der Waals surface area (Å²) in [4.78, 5) is 1.12. The van der Waals surface area contributed by atoms with Crippen LogP contribution in [0.1, 0.15) is 10.4 Å². The number of hydrogen-bond acceptors (Lipinski definition) is 1. The topological polar surface area (TPSA) is 0 Å². The quantitative estimate of drug-likeness (QED) is 0.694. The molecular formula is C12H9FS. The molecule has 0 fully saturated rings. The zero-order valence-electron chi connectivity index (χ0n) is 7.53. The number of thiophene rings is 1. The van der Waals surface area contributed by atoms with E-state index in [0.717, 1.165) is 16.0 Å². The Bertz CT molecular complexity index is 426. The highest BCUT2D eigenvalue weighted by molar-refractivity contribution is 7.11. The summed E-state index contributed by atoms with van der Waals surface area (Å²) in [6.45, 7) is 3.99. The lowest BCUT2D eigenvalue weighted by Crippen LogP contribution is -1.82. The normalized spacial score (nSPS) is 10.1. The van der Waals surface area contributed by atoms with Crippen molar-refractivity contribution in [2.45, 2.75) is 0 Å². The molecule has 0 saturated heterocycles. The number of rotatable bonds is 2. The minimum Gasteiger partial charge on any atom is -0.207 e. The van der Waals surface area contributed by atoms with Gasteiger partial charge >= 0.3 is 0 Å². The van der Waals surface area contributed by atoms with Gasteiger partial charge in [0.05, 0.1) is 0 Å². The molecule has 0 spiro atoms. The molecule has 0 amide bonds. The SMILES string of the molecule is C=C(c1ccc(F)cc1)c1cccs1. The molecule has 2 aromatic rings. The van der Waals surface area contributed by atoms with E-state index >= 15 is 0 Å². The Kier molecular flexibility index (Phi) is 2.46. The van der Waals surface area contributed by atoms with Gasteiger partial charge in [-0.2, -0.15) is 0 Å². The highest BCUT2D eigenvalue weighted by Gasteiger charge is 2.02. The molecule has 70 valence electrons. The maximum atomic E-state index is 12.7. The molecule has 1 aromatic heterocycles. The van der Waals surface area contributed by atoms with E-state index in [2.05, 4.69) is 6.58 Å². The molecule has 0 atom stereocenters. The Morgan fingerprint density at radius 3 is 2.43 bits per heavy atom. The number of hydrogen-bond donors (Lipinski definition) is 0. The fourth-order valence-corrected chi connectivity index (χ4v) is 1.96. The summed E-state index contributed by atoms with van der Waals surface area (Å²) in [5.41, 5.74) is 1.91. The average molecular weight is 204 g/mol. The molecule has 2 heteroatoms. The maximum absolute atomic E-state index is 12.7. The Hall–Kier alpha value is -1.41. The molecule has 0 aliphatic rings. The Balaban J connectivity index is 2.33. The second kappa shape index (κ2) is 3.76. The van der Waals surface area contributed by atoms with Crippen molar-refractivity contribution in [3.05, 3.63) is 64.6 Å². The monoisotopic (exact) mass is 204 g/mol. The van der Waals surface area contributed by atoms with Gasteiger partial charge in [-0.05, 0) is 34.7 Å². The van der Waals surface area contributed by atoms with Crippen molar-refractivity contribution in [3.63, 3.8) is 0 Å². The first-order valence-corrected chi connectivity index (χ1v) is 5.14. The molecule has 1 aromatic carbocycles. The molecule has 0 N–H and O–H groups in total. The highest BCUT2D eigenvalue weighted by atomic mass is 32.1. The summed E-state index contributed by atoms with van der Waals surface area (Å²) >= 11 is 1.64. The van der Waals surface area contributed by atoms with Crippen LogP contribution in [-0.2, 0) is 0 Å². The summed E-state index contributed by atoms with van der Waals surface area (Å²) in [6, 6.07) is 10.4. The van der Waals surface area contributed by atoms with Crippen LogP contribution in [0.25, 0.3) is 5.57 Å². The van der Waals surface area contributed by atoms with Crippen molar-refractivity contribution >= 4 is 16.9 Å². The largest absolute Gasteiger partial charge is 0.207 e. The molecular weight excluding hydrogens is 195 g/mol. The fraction of sp³-hybridized carbons (Fsp3) is 0. The van der Waals surface area contributed by atoms with Gasteiger partial charge in [0.1, 0.15) is 5.82 Å².